The molecule has 0 aliphatic carbocycles. The second-order valence-corrected chi connectivity index (χ2v) is 4.05. The first-order valence-electron chi connectivity index (χ1n) is 5.63. The van der Waals surface area contributed by atoms with Crippen LogP contribution in [0.25, 0.3) is 0 Å². The Hall–Kier alpha value is -0.0800. The van der Waals surface area contributed by atoms with Gasteiger partial charge in [-0.2, -0.15) is 0 Å². The van der Waals surface area contributed by atoms with Crippen molar-refractivity contribution in [2.75, 3.05) is 26.8 Å². The van der Waals surface area contributed by atoms with E-state index in [9.17, 15) is 0 Å². The molecule has 0 unspecified atom stereocenters. The quantitative estimate of drug-likeness (QED) is 0.640. The van der Waals surface area contributed by atoms with E-state index in [0.29, 0.717) is 0 Å². The Bertz CT molecular complexity index is 111. The van der Waals surface area contributed by atoms with Crippen molar-refractivity contribution in [3.05, 3.63) is 0 Å². The Morgan fingerprint density at radius 1 is 1.31 bits per heavy atom. The molecule has 1 heterocycles. The van der Waals surface area contributed by atoms with Crippen LogP contribution in [-0.4, -0.2) is 26.8 Å². The first kappa shape index (κ1) is 11.0. The predicted octanol–water partition coefficient (Wildman–Crippen LogP) is 2.19. The third kappa shape index (κ3) is 5.27. The molecule has 2 heteroatoms. The van der Waals surface area contributed by atoms with Crippen molar-refractivity contribution in [3.8, 4) is 0 Å². The van der Waals surface area contributed by atoms with Gasteiger partial charge < -0.3 is 10.1 Å². The second-order valence-electron chi connectivity index (χ2n) is 4.05. The van der Waals surface area contributed by atoms with Gasteiger partial charge in [0.25, 0.3) is 0 Å². The molecule has 0 aromatic carbocycles. The topological polar surface area (TPSA) is 21.3 Å². The van der Waals surface area contributed by atoms with Gasteiger partial charge in [0.05, 0.1) is 0 Å². The van der Waals surface area contributed by atoms with Gasteiger partial charge in [-0.05, 0) is 44.7 Å². The minimum atomic E-state index is 0.933. The van der Waals surface area contributed by atoms with E-state index in [-0.39, 0.29) is 0 Å². The van der Waals surface area contributed by atoms with Gasteiger partial charge in [-0.15, -0.1) is 0 Å². The van der Waals surface area contributed by atoms with Crippen LogP contribution in [0.4, 0.5) is 0 Å². The highest BCUT2D eigenvalue weighted by Gasteiger charge is 2.11. The average molecular weight is 185 g/mol. The van der Waals surface area contributed by atoms with Gasteiger partial charge in [-0.1, -0.05) is 12.8 Å². The lowest BCUT2D eigenvalue weighted by molar-refractivity contribution is 0.191. The highest BCUT2D eigenvalue weighted by molar-refractivity contribution is 4.68. The maximum Gasteiger partial charge on any atom is 0.0462 e. The van der Waals surface area contributed by atoms with Crippen LogP contribution in [0.15, 0.2) is 0 Å². The summed E-state index contributed by atoms with van der Waals surface area (Å²) in [6.45, 7) is 3.42. The molecule has 13 heavy (non-hydrogen) atoms. The van der Waals surface area contributed by atoms with Gasteiger partial charge in [0.1, 0.15) is 0 Å². The van der Waals surface area contributed by atoms with E-state index < -0.39 is 0 Å². The summed E-state index contributed by atoms with van der Waals surface area (Å²) in [5.74, 6) is 0.955. The van der Waals surface area contributed by atoms with Crippen LogP contribution in [0.2, 0.25) is 0 Å². The zero-order chi connectivity index (χ0) is 9.36. The van der Waals surface area contributed by atoms with Crippen molar-refractivity contribution >= 4 is 0 Å². The largest absolute Gasteiger partial charge is 0.385 e. The molecule has 1 N–H and O–H groups in total. The zero-order valence-corrected chi connectivity index (χ0v) is 8.85. The molecule has 2 nitrogen and oxygen atoms in total. The highest BCUT2D eigenvalue weighted by Crippen LogP contribution is 2.17. The normalized spacial score (nSPS) is 23.3. The minimum Gasteiger partial charge on any atom is -0.385 e. The summed E-state index contributed by atoms with van der Waals surface area (Å²) in [7, 11) is 1.78. The fourth-order valence-electron chi connectivity index (χ4n) is 2.03. The number of unbranched alkanes of at least 4 members (excludes halogenated alkanes) is 2. The molecular formula is C11H23NO. The second kappa shape index (κ2) is 7.34. The van der Waals surface area contributed by atoms with E-state index in [1.54, 1.807) is 7.11 Å². The van der Waals surface area contributed by atoms with Crippen molar-refractivity contribution in [1.29, 1.82) is 0 Å². The Labute approximate surface area is 82.0 Å². The smallest absolute Gasteiger partial charge is 0.0462 e. The molecule has 0 bridgehead atoms. The molecule has 1 aliphatic heterocycles. The summed E-state index contributed by atoms with van der Waals surface area (Å²) in [6.07, 6.45) is 8.19. The van der Waals surface area contributed by atoms with Gasteiger partial charge in [0.15, 0.2) is 0 Å². The number of rotatable bonds is 6. The van der Waals surface area contributed by atoms with Gasteiger partial charge in [0, 0.05) is 13.7 Å². The number of hydrogen-bond acceptors (Lipinski definition) is 2. The summed E-state index contributed by atoms with van der Waals surface area (Å²) < 4.78 is 5.02. The van der Waals surface area contributed by atoms with E-state index in [0.717, 1.165) is 12.5 Å². The summed E-state index contributed by atoms with van der Waals surface area (Å²) in [6, 6.07) is 0. The number of nitrogens with one attached hydrogen (secondary N) is 1. The van der Waals surface area contributed by atoms with Crippen molar-refractivity contribution in [2.45, 2.75) is 38.5 Å². The van der Waals surface area contributed by atoms with Gasteiger partial charge in [0.2, 0.25) is 0 Å². The Morgan fingerprint density at radius 2 is 2.23 bits per heavy atom. The van der Waals surface area contributed by atoms with Crippen LogP contribution in [-0.2, 0) is 4.74 Å². The number of piperidine rings is 1. The van der Waals surface area contributed by atoms with E-state index in [2.05, 4.69) is 5.32 Å². The average Bonchev–Trinajstić information content (AvgIpc) is 2.19. The fourth-order valence-corrected chi connectivity index (χ4v) is 2.03. The lowest BCUT2D eigenvalue weighted by atomic mass is 9.94. The SMILES string of the molecule is COCCCCC[C@@H]1CCCNC1. The number of methoxy groups -OCH3 is 1. The summed E-state index contributed by atoms with van der Waals surface area (Å²) in [5, 5.41) is 3.46. The third-order valence-electron chi connectivity index (χ3n) is 2.86. The number of ether oxygens (including phenoxy) is 1. The molecule has 1 fully saturated rings. The van der Waals surface area contributed by atoms with Gasteiger partial charge >= 0.3 is 0 Å². The van der Waals surface area contributed by atoms with E-state index in [1.807, 2.05) is 0 Å². The van der Waals surface area contributed by atoms with Crippen LogP contribution in [0.1, 0.15) is 38.5 Å². The molecule has 0 aromatic heterocycles. The molecule has 0 radical (unpaired) electrons. The van der Waals surface area contributed by atoms with Crippen LogP contribution in [0.5, 0.6) is 0 Å². The lowest BCUT2D eigenvalue weighted by Gasteiger charge is -2.22. The van der Waals surface area contributed by atoms with Crippen LogP contribution < -0.4 is 5.32 Å². The molecule has 0 aromatic rings. The molecule has 0 spiro atoms. The molecule has 78 valence electrons. The van der Waals surface area contributed by atoms with E-state index in [4.69, 9.17) is 4.74 Å². The molecule has 1 rings (SSSR count). The molecule has 0 amide bonds. The van der Waals surface area contributed by atoms with Gasteiger partial charge in [-0.25, -0.2) is 0 Å². The van der Waals surface area contributed by atoms with Crippen LogP contribution >= 0.6 is 0 Å². The zero-order valence-electron chi connectivity index (χ0n) is 8.85. The van der Waals surface area contributed by atoms with Crippen molar-refractivity contribution in [1.82, 2.24) is 5.32 Å². The van der Waals surface area contributed by atoms with Crippen LogP contribution in [0.3, 0.4) is 0 Å². The minimum absolute atomic E-state index is 0.933. The first-order valence-corrected chi connectivity index (χ1v) is 5.63. The standard InChI is InChI=1S/C11H23NO/c1-13-9-4-2-3-6-11-7-5-8-12-10-11/h11-12H,2-10H2,1H3/t11-/m1/s1. The number of hydrogen-bond donors (Lipinski definition) is 1. The maximum absolute atomic E-state index is 5.02. The van der Waals surface area contributed by atoms with E-state index in [1.165, 1.54) is 51.6 Å². The monoisotopic (exact) mass is 185 g/mol. The molecular weight excluding hydrogens is 162 g/mol. The third-order valence-corrected chi connectivity index (χ3v) is 2.86. The highest BCUT2D eigenvalue weighted by atomic mass is 16.5. The van der Waals surface area contributed by atoms with Crippen molar-refractivity contribution < 1.29 is 4.74 Å². The summed E-state index contributed by atoms with van der Waals surface area (Å²) in [4.78, 5) is 0. The van der Waals surface area contributed by atoms with Crippen molar-refractivity contribution in [3.63, 3.8) is 0 Å². The first-order chi connectivity index (χ1) is 6.43. The lowest BCUT2D eigenvalue weighted by Crippen LogP contribution is -2.29. The molecule has 1 atom stereocenters. The molecule has 1 aliphatic rings. The fraction of sp³-hybridized carbons (Fsp3) is 1.00. The van der Waals surface area contributed by atoms with Gasteiger partial charge in [-0.3, -0.25) is 0 Å². The summed E-state index contributed by atoms with van der Waals surface area (Å²) in [5.41, 5.74) is 0. The van der Waals surface area contributed by atoms with E-state index >= 15 is 0 Å². The Balaban J connectivity index is 1.86. The van der Waals surface area contributed by atoms with Crippen molar-refractivity contribution in [2.24, 2.45) is 5.92 Å². The molecule has 0 saturated carbocycles. The predicted molar refractivity (Wildman–Crippen MR) is 55.9 cm³/mol. The summed E-state index contributed by atoms with van der Waals surface area (Å²) >= 11 is 0. The van der Waals surface area contributed by atoms with Crippen LogP contribution in [0, 0.1) is 5.92 Å². The Kier molecular flexibility index (Phi) is 6.21. The maximum atomic E-state index is 5.02. The Morgan fingerprint density at radius 3 is 2.92 bits per heavy atom. The molecule has 1 saturated heterocycles.